The number of benzene rings is 1. The molecule has 1 aliphatic rings. The van der Waals surface area contributed by atoms with Crippen LogP contribution in [0.2, 0.25) is 0 Å². The highest BCUT2D eigenvalue weighted by molar-refractivity contribution is 14.0. The van der Waals surface area contributed by atoms with E-state index in [1.807, 2.05) is 38.1 Å². The molecule has 0 amide bonds. The van der Waals surface area contributed by atoms with Gasteiger partial charge in [0.2, 0.25) is 0 Å². The molecule has 178 valence electrons. The number of hydrogen-bond donors (Lipinski definition) is 2. The summed E-state index contributed by atoms with van der Waals surface area (Å²) in [5.74, 6) is 0.989. The molecule has 10 heteroatoms. The molecule has 0 aliphatic carbocycles. The van der Waals surface area contributed by atoms with Crippen LogP contribution in [0, 0.1) is 30.1 Å². The predicted molar refractivity (Wildman–Crippen MR) is 139 cm³/mol. The van der Waals surface area contributed by atoms with Gasteiger partial charge in [-0.25, -0.2) is 4.68 Å². The second-order valence-corrected chi connectivity index (χ2v) is 8.16. The number of methoxy groups -OCH3 is 1. The van der Waals surface area contributed by atoms with Gasteiger partial charge in [-0.3, -0.25) is 9.79 Å². The van der Waals surface area contributed by atoms with Gasteiger partial charge in [0, 0.05) is 26.7 Å². The van der Waals surface area contributed by atoms with Gasteiger partial charge in [-0.05, 0) is 37.8 Å². The smallest absolute Gasteiger partial charge is 0.310 e. The Balaban J connectivity index is 0.00000385. The summed E-state index contributed by atoms with van der Waals surface area (Å²) in [5, 5.41) is 17.5. The van der Waals surface area contributed by atoms with E-state index in [1.54, 1.807) is 11.7 Å². The summed E-state index contributed by atoms with van der Waals surface area (Å²) in [6.45, 7) is 6.05. The summed E-state index contributed by atoms with van der Waals surface area (Å²) in [6, 6.07) is 10.0. The number of nitriles is 1. The number of aliphatic imine (C=N–C) groups is 1. The van der Waals surface area contributed by atoms with Crippen molar-refractivity contribution in [2.45, 2.75) is 26.7 Å². The molecule has 33 heavy (non-hydrogen) atoms. The van der Waals surface area contributed by atoms with Gasteiger partial charge in [0.1, 0.15) is 17.5 Å². The maximum Gasteiger partial charge on any atom is 0.310 e. The van der Waals surface area contributed by atoms with Crippen LogP contribution in [0.5, 0.6) is 0 Å². The Labute approximate surface area is 212 Å². The molecule has 0 spiro atoms. The summed E-state index contributed by atoms with van der Waals surface area (Å²) < 4.78 is 6.54. The van der Waals surface area contributed by atoms with E-state index in [-0.39, 0.29) is 41.8 Å². The molecule has 1 aromatic heterocycles. The van der Waals surface area contributed by atoms with E-state index >= 15 is 0 Å². The quantitative estimate of drug-likeness (QED) is 0.182. The molecule has 1 aromatic carbocycles. The molecule has 2 atom stereocenters. The molecule has 9 nitrogen and oxygen atoms in total. The first-order valence-corrected chi connectivity index (χ1v) is 10.8. The number of nitrogens with two attached hydrogens (primary N) is 1. The zero-order valence-electron chi connectivity index (χ0n) is 19.5. The lowest BCUT2D eigenvalue weighted by Crippen LogP contribution is -2.41. The number of esters is 1. The average Bonchev–Trinajstić information content (AvgIpc) is 3.33. The topological polar surface area (TPSA) is 122 Å². The number of ether oxygens (including phenoxy) is 1. The Morgan fingerprint density at radius 3 is 2.67 bits per heavy atom. The number of halogens is 1. The molecule has 2 aromatic rings. The van der Waals surface area contributed by atoms with Gasteiger partial charge in [0.15, 0.2) is 5.96 Å². The number of guanidine groups is 1. The third-order valence-corrected chi connectivity index (χ3v) is 5.89. The summed E-state index contributed by atoms with van der Waals surface area (Å²) in [4.78, 5) is 18.4. The minimum atomic E-state index is -0.179. The zero-order chi connectivity index (χ0) is 23.3. The molecule has 0 radical (unpaired) electrons. The summed E-state index contributed by atoms with van der Waals surface area (Å²) in [7, 11) is 3.16. The van der Waals surface area contributed by atoms with E-state index in [9.17, 15) is 10.1 Å². The van der Waals surface area contributed by atoms with Crippen molar-refractivity contribution < 1.29 is 9.53 Å². The van der Waals surface area contributed by atoms with Crippen molar-refractivity contribution in [1.29, 1.82) is 5.26 Å². The molecule has 3 N–H and O–H groups in total. The average molecular weight is 565 g/mol. The van der Waals surface area contributed by atoms with Crippen LogP contribution in [0.1, 0.15) is 30.2 Å². The van der Waals surface area contributed by atoms with Gasteiger partial charge in [-0.15, -0.1) is 24.0 Å². The lowest BCUT2D eigenvalue weighted by atomic mass is 9.99. The van der Waals surface area contributed by atoms with Gasteiger partial charge in [-0.2, -0.15) is 10.4 Å². The Hall–Kier alpha value is -2.81. The van der Waals surface area contributed by atoms with Crippen LogP contribution in [-0.2, 0) is 16.0 Å². The van der Waals surface area contributed by atoms with E-state index in [0.29, 0.717) is 36.6 Å². The molecule has 3 rings (SSSR count). The van der Waals surface area contributed by atoms with Gasteiger partial charge in [0.25, 0.3) is 0 Å². The predicted octanol–water partition coefficient (Wildman–Crippen LogP) is 2.50. The number of hydrogen-bond acceptors (Lipinski definition) is 6. The van der Waals surface area contributed by atoms with Crippen LogP contribution < -0.4 is 11.1 Å². The van der Waals surface area contributed by atoms with Gasteiger partial charge >= 0.3 is 5.97 Å². The van der Waals surface area contributed by atoms with Crippen molar-refractivity contribution in [2.24, 2.45) is 16.8 Å². The van der Waals surface area contributed by atoms with E-state index < -0.39 is 0 Å². The third-order valence-electron chi connectivity index (χ3n) is 5.89. The first-order chi connectivity index (χ1) is 15.4. The number of aryl methyl sites for hydroxylation is 2. The number of carbonyl (C=O) groups is 1. The largest absolute Gasteiger partial charge is 0.469 e. The molecule has 0 bridgehead atoms. The Bertz CT molecular complexity index is 1030. The summed E-state index contributed by atoms with van der Waals surface area (Å²) in [5.41, 5.74) is 9.28. The highest BCUT2D eigenvalue weighted by atomic mass is 127. The number of likely N-dealkylation sites (tertiary alicyclic amines) is 1. The van der Waals surface area contributed by atoms with E-state index in [2.05, 4.69) is 26.4 Å². The molecule has 2 heterocycles. The first-order valence-electron chi connectivity index (χ1n) is 10.8. The second-order valence-electron chi connectivity index (χ2n) is 8.16. The van der Waals surface area contributed by atoms with E-state index in [0.717, 1.165) is 30.2 Å². The van der Waals surface area contributed by atoms with Crippen LogP contribution in [0.15, 0.2) is 29.3 Å². The second kappa shape index (κ2) is 11.9. The number of anilines is 1. The SMILES string of the molecule is CN=C(NCCCc1nn(-c2ccc(C)cc2)c(N)c1C#N)N1CC(C)C(C(=O)OC)C1.I. The minimum Gasteiger partial charge on any atom is -0.469 e. The highest BCUT2D eigenvalue weighted by Crippen LogP contribution is 2.24. The number of nitrogen functional groups attached to an aromatic ring is 1. The fourth-order valence-electron chi connectivity index (χ4n) is 4.04. The van der Waals surface area contributed by atoms with Crippen LogP contribution in [0.25, 0.3) is 5.69 Å². The molecule has 0 saturated carbocycles. The Morgan fingerprint density at radius 1 is 1.36 bits per heavy atom. The molecule has 1 saturated heterocycles. The molecule has 1 aliphatic heterocycles. The molecular formula is C23H32IN7O2. The Kier molecular flexibility index (Phi) is 9.52. The number of carbonyl (C=O) groups excluding carboxylic acids is 1. The number of rotatable bonds is 6. The molecular weight excluding hydrogens is 533 g/mol. The first kappa shape index (κ1) is 26.4. The van der Waals surface area contributed by atoms with Gasteiger partial charge < -0.3 is 20.7 Å². The minimum absolute atomic E-state index is 0. The zero-order valence-corrected chi connectivity index (χ0v) is 21.9. The van der Waals surface area contributed by atoms with Crippen molar-refractivity contribution >= 4 is 41.7 Å². The monoisotopic (exact) mass is 565 g/mol. The summed E-state index contributed by atoms with van der Waals surface area (Å²) in [6.07, 6.45) is 1.36. The van der Waals surface area contributed by atoms with Crippen molar-refractivity contribution in [3.05, 3.63) is 41.1 Å². The Morgan fingerprint density at radius 2 is 2.06 bits per heavy atom. The van der Waals surface area contributed by atoms with Crippen molar-refractivity contribution in [1.82, 2.24) is 20.0 Å². The van der Waals surface area contributed by atoms with E-state index in [1.165, 1.54) is 7.11 Å². The van der Waals surface area contributed by atoms with Crippen molar-refractivity contribution in [2.75, 3.05) is 39.5 Å². The maximum atomic E-state index is 12.0. The van der Waals surface area contributed by atoms with E-state index in [4.69, 9.17) is 10.5 Å². The lowest BCUT2D eigenvalue weighted by Gasteiger charge is -2.21. The van der Waals surface area contributed by atoms with Crippen LogP contribution >= 0.6 is 24.0 Å². The normalized spacial score (nSPS) is 17.9. The van der Waals surface area contributed by atoms with Crippen LogP contribution in [0.4, 0.5) is 5.82 Å². The molecule has 2 unspecified atom stereocenters. The van der Waals surface area contributed by atoms with Crippen molar-refractivity contribution in [3.63, 3.8) is 0 Å². The van der Waals surface area contributed by atoms with Gasteiger partial charge in [0.05, 0.1) is 24.4 Å². The lowest BCUT2D eigenvalue weighted by molar-refractivity contribution is -0.145. The fraction of sp³-hybridized carbons (Fsp3) is 0.478. The number of aromatic nitrogens is 2. The number of nitrogens with one attached hydrogen (secondary N) is 1. The van der Waals surface area contributed by atoms with Crippen LogP contribution in [0.3, 0.4) is 0 Å². The molecule has 1 fully saturated rings. The van der Waals surface area contributed by atoms with Crippen molar-refractivity contribution in [3.8, 4) is 11.8 Å². The van der Waals surface area contributed by atoms with Gasteiger partial charge in [-0.1, -0.05) is 24.6 Å². The van der Waals surface area contributed by atoms with Crippen LogP contribution in [-0.4, -0.2) is 60.4 Å². The highest BCUT2D eigenvalue weighted by Gasteiger charge is 2.36. The summed E-state index contributed by atoms with van der Waals surface area (Å²) >= 11 is 0. The maximum absolute atomic E-state index is 12.0. The number of nitrogens with zero attached hydrogens (tertiary/aromatic N) is 5. The third kappa shape index (κ3) is 5.96. The fourth-order valence-corrected chi connectivity index (χ4v) is 4.04. The standard InChI is InChI=1S/C23H31N7O2.HI/c1-15-7-9-17(10-8-15)30-21(25)18(12-24)20(28-30)6-5-11-27-23(26-3)29-13-16(2)19(14-29)22(31)32-4;/h7-10,16,19H,5-6,11,13-14,25H2,1-4H3,(H,26,27);1H.